The number of hydrogen-bond donors (Lipinski definition) is 0. The summed E-state index contributed by atoms with van der Waals surface area (Å²) in [5, 5.41) is 0.770. The number of rotatable bonds is 4. The van der Waals surface area contributed by atoms with Crippen molar-refractivity contribution in [2.45, 2.75) is 29.2 Å². The average Bonchev–Trinajstić information content (AvgIpc) is 3.15. The van der Waals surface area contributed by atoms with Crippen molar-refractivity contribution >= 4 is 38.9 Å². The van der Waals surface area contributed by atoms with E-state index in [-0.39, 0.29) is 21.7 Å². The lowest BCUT2D eigenvalue weighted by Crippen LogP contribution is -2.30. The van der Waals surface area contributed by atoms with Crippen LogP contribution in [0.2, 0.25) is 10.0 Å². The summed E-state index contributed by atoms with van der Waals surface area (Å²) >= 11 is 12.2. The van der Waals surface area contributed by atoms with Crippen LogP contribution in [-0.2, 0) is 9.84 Å². The summed E-state index contributed by atoms with van der Waals surface area (Å²) < 4.78 is 32.5. The lowest BCUT2D eigenvalue weighted by Gasteiger charge is -2.26. The van der Waals surface area contributed by atoms with Crippen LogP contribution in [0.1, 0.15) is 19.3 Å². The highest BCUT2D eigenvalue weighted by molar-refractivity contribution is 7.91. The zero-order valence-corrected chi connectivity index (χ0v) is 17.3. The summed E-state index contributed by atoms with van der Waals surface area (Å²) in [6.07, 6.45) is 3.07. The fraction of sp³-hybridized carbons (Fsp3) is 0.250. The molecule has 0 aliphatic carbocycles. The predicted molar refractivity (Wildman–Crippen MR) is 110 cm³/mol. The van der Waals surface area contributed by atoms with E-state index in [1.54, 1.807) is 48.5 Å². The molecular formula is C20H18Cl2N2O3S. The van der Waals surface area contributed by atoms with Crippen molar-refractivity contribution in [3.8, 4) is 11.5 Å². The van der Waals surface area contributed by atoms with Gasteiger partial charge >= 0.3 is 0 Å². The van der Waals surface area contributed by atoms with E-state index in [1.165, 1.54) is 0 Å². The molecule has 0 radical (unpaired) electrons. The van der Waals surface area contributed by atoms with E-state index in [4.69, 9.17) is 27.6 Å². The van der Waals surface area contributed by atoms with Gasteiger partial charge in [0.1, 0.15) is 0 Å². The number of anilines is 1. The maximum atomic E-state index is 13.3. The first-order chi connectivity index (χ1) is 13.4. The highest BCUT2D eigenvalue weighted by Crippen LogP contribution is 2.37. The van der Waals surface area contributed by atoms with Crippen LogP contribution >= 0.6 is 23.2 Å². The fourth-order valence-corrected chi connectivity index (χ4v) is 5.15. The van der Waals surface area contributed by atoms with E-state index in [2.05, 4.69) is 4.98 Å². The van der Waals surface area contributed by atoms with Crippen molar-refractivity contribution in [1.29, 1.82) is 0 Å². The van der Waals surface area contributed by atoms with Crippen molar-refractivity contribution in [3.63, 3.8) is 0 Å². The van der Waals surface area contributed by atoms with Gasteiger partial charge in [0.2, 0.25) is 26.6 Å². The van der Waals surface area contributed by atoms with Gasteiger partial charge in [-0.15, -0.1) is 0 Å². The Hall–Kier alpha value is -2.02. The zero-order chi connectivity index (χ0) is 19.7. The molecule has 0 atom stereocenters. The van der Waals surface area contributed by atoms with Crippen LogP contribution < -0.4 is 4.90 Å². The van der Waals surface area contributed by atoms with Gasteiger partial charge in [0.25, 0.3) is 0 Å². The SMILES string of the molecule is O=S(=O)(c1ccccc1)c1nc(-c2cc(Cl)cc(Cl)c2)oc1N1CCCCC1. The number of aromatic nitrogens is 1. The summed E-state index contributed by atoms with van der Waals surface area (Å²) in [6.45, 7) is 1.45. The number of piperidine rings is 1. The summed E-state index contributed by atoms with van der Waals surface area (Å²) in [5.41, 5.74) is 0.533. The first kappa shape index (κ1) is 19.3. The van der Waals surface area contributed by atoms with Crippen LogP contribution in [0.25, 0.3) is 11.5 Å². The second kappa shape index (κ2) is 7.78. The van der Waals surface area contributed by atoms with Crippen molar-refractivity contribution in [2.75, 3.05) is 18.0 Å². The molecule has 5 nitrogen and oxygen atoms in total. The number of nitrogens with zero attached hydrogens (tertiary/aromatic N) is 2. The normalized spacial score (nSPS) is 15.0. The number of benzene rings is 2. The van der Waals surface area contributed by atoms with E-state index in [0.717, 1.165) is 32.4 Å². The monoisotopic (exact) mass is 436 g/mol. The van der Waals surface area contributed by atoms with E-state index in [1.807, 2.05) is 4.90 Å². The van der Waals surface area contributed by atoms with Crippen molar-refractivity contribution in [2.24, 2.45) is 0 Å². The summed E-state index contributed by atoms with van der Waals surface area (Å²) in [7, 11) is -3.84. The van der Waals surface area contributed by atoms with Gasteiger partial charge in [-0.2, -0.15) is 4.98 Å². The number of halogens is 2. The van der Waals surface area contributed by atoms with Crippen LogP contribution in [0, 0.1) is 0 Å². The Morgan fingerprint density at radius 3 is 2.21 bits per heavy atom. The zero-order valence-electron chi connectivity index (χ0n) is 14.9. The predicted octanol–water partition coefficient (Wildman–Crippen LogP) is 5.47. The van der Waals surface area contributed by atoms with E-state index < -0.39 is 9.84 Å². The van der Waals surface area contributed by atoms with Gasteiger partial charge in [-0.05, 0) is 49.6 Å². The number of hydrogen-bond acceptors (Lipinski definition) is 5. The molecule has 0 spiro atoms. The molecule has 1 aliphatic rings. The Balaban J connectivity index is 1.87. The molecule has 8 heteroatoms. The molecule has 3 aromatic rings. The molecule has 1 aliphatic heterocycles. The van der Waals surface area contributed by atoms with Crippen molar-refractivity contribution in [1.82, 2.24) is 4.98 Å². The van der Waals surface area contributed by atoms with Gasteiger partial charge in [-0.3, -0.25) is 0 Å². The standard InChI is InChI=1S/C20H18Cl2N2O3S/c21-15-11-14(12-16(22)13-15)18-23-19(20(27-18)24-9-5-2-6-10-24)28(25,26)17-7-3-1-4-8-17/h1,3-4,7-8,11-13H,2,5-6,9-10H2. The Kier molecular flexibility index (Phi) is 5.36. The summed E-state index contributed by atoms with van der Waals surface area (Å²) in [4.78, 5) is 6.50. The molecule has 1 fully saturated rings. The van der Waals surface area contributed by atoms with Crippen LogP contribution in [-0.4, -0.2) is 26.5 Å². The first-order valence-electron chi connectivity index (χ1n) is 8.97. The molecule has 1 aromatic heterocycles. The van der Waals surface area contributed by atoms with E-state index >= 15 is 0 Å². The maximum Gasteiger partial charge on any atom is 0.236 e. The Labute approximate surface area is 173 Å². The van der Waals surface area contributed by atoms with Gasteiger partial charge in [0, 0.05) is 28.7 Å². The smallest absolute Gasteiger partial charge is 0.236 e. The van der Waals surface area contributed by atoms with E-state index in [9.17, 15) is 8.42 Å². The van der Waals surface area contributed by atoms with Crippen LogP contribution in [0.4, 0.5) is 5.88 Å². The average molecular weight is 437 g/mol. The highest BCUT2D eigenvalue weighted by atomic mass is 35.5. The minimum Gasteiger partial charge on any atom is -0.419 e. The molecule has 0 bridgehead atoms. The van der Waals surface area contributed by atoms with Gasteiger partial charge in [0.15, 0.2) is 0 Å². The largest absolute Gasteiger partial charge is 0.419 e. The lowest BCUT2D eigenvalue weighted by molar-refractivity contribution is 0.499. The Morgan fingerprint density at radius 1 is 0.929 bits per heavy atom. The van der Waals surface area contributed by atoms with Gasteiger partial charge in [-0.25, -0.2) is 8.42 Å². The third-order valence-electron chi connectivity index (χ3n) is 4.64. The van der Waals surface area contributed by atoms with Gasteiger partial charge in [-0.1, -0.05) is 41.4 Å². The molecule has 0 saturated carbocycles. The number of oxazole rings is 1. The molecular weight excluding hydrogens is 419 g/mol. The Bertz CT molecular complexity index is 1070. The molecule has 0 N–H and O–H groups in total. The topological polar surface area (TPSA) is 63.4 Å². The lowest BCUT2D eigenvalue weighted by atomic mass is 10.1. The highest BCUT2D eigenvalue weighted by Gasteiger charge is 2.32. The molecule has 0 amide bonds. The molecule has 4 rings (SSSR count). The third kappa shape index (κ3) is 3.77. The van der Waals surface area contributed by atoms with Crippen molar-refractivity contribution < 1.29 is 12.8 Å². The Morgan fingerprint density at radius 2 is 1.57 bits per heavy atom. The second-order valence-corrected chi connectivity index (χ2v) is 9.39. The molecule has 1 saturated heterocycles. The number of sulfone groups is 1. The molecule has 2 aromatic carbocycles. The second-order valence-electron chi connectivity index (χ2n) is 6.65. The van der Waals surface area contributed by atoms with Gasteiger partial charge < -0.3 is 9.32 Å². The summed E-state index contributed by atoms with van der Waals surface area (Å²) in [5.74, 6) is 0.453. The molecule has 2 heterocycles. The molecule has 28 heavy (non-hydrogen) atoms. The minimum atomic E-state index is -3.84. The third-order valence-corrected chi connectivity index (χ3v) is 6.74. The summed E-state index contributed by atoms with van der Waals surface area (Å²) in [6, 6.07) is 13.2. The van der Waals surface area contributed by atoms with Crippen LogP contribution in [0.5, 0.6) is 0 Å². The minimum absolute atomic E-state index is 0.0771. The van der Waals surface area contributed by atoms with E-state index in [0.29, 0.717) is 15.6 Å². The molecule has 146 valence electrons. The first-order valence-corrected chi connectivity index (χ1v) is 11.2. The van der Waals surface area contributed by atoms with Crippen LogP contribution in [0.3, 0.4) is 0 Å². The van der Waals surface area contributed by atoms with Gasteiger partial charge in [0.05, 0.1) is 4.90 Å². The molecule has 0 unspecified atom stereocenters. The maximum absolute atomic E-state index is 13.3. The quantitative estimate of drug-likeness (QED) is 0.542. The fourth-order valence-electron chi connectivity index (χ4n) is 3.28. The van der Waals surface area contributed by atoms with Crippen molar-refractivity contribution in [3.05, 3.63) is 58.6 Å². The van der Waals surface area contributed by atoms with Crippen LogP contribution in [0.15, 0.2) is 62.9 Å².